The molecule has 3 rings (SSSR count). The fraction of sp³-hybridized carbons (Fsp3) is 0.174. The summed E-state index contributed by atoms with van der Waals surface area (Å²) in [4.78, 5) is 12.7. The van der Waals surface area contributed by atoms with Crippen LogP contribution in [0.1, 0.15) is 28.4 Å². The normalized spacial score (nSPS) is 10.5. The molecule has 29 heavy (non-hydrogen) atoms. The van der Waals surface area contributed by atoms with E-state index in [0.717, 1.165) is 11.1 Å². The molecule has 0 aromatic heterocycles. The van der Waals surface area contributed by atoms with Crippen LogP contribution in [-0.4, -0.2) is 12.5 Å². The van der Waals surface area contributed by atoms with E-state index in [1.54, 1.807) is 48.5 Å². The van der Waals surface area contributed by atoms with Crippen molar-refractivity contribution in [2.45, 2.75) is 20.5 Å². The third-order valence-corrected chi connectivity index (χ3v) is 4.72. The van der Waals surface area contributed by atoms with Gasteiger partial charge < -0.3 is 14.8 Å². The van der Waals surface area contributed by atoms with Gasteiger partial charge in [-0.2, -0.15) is 0 Å². The monoisotopic (exact) mass is 429 g/mol. The van der Waals surface area contributed by atoms with E-state index in [1.165, 1.54) is 0 Å². The molecular formula is C23H21Cl2NO3. The van der Waals surface area contributed by atoms with Gasteiger partial charge in [0.1, 0.15) is 18.1 Å². The predicted molar refractivity (Wildman–Crippen MR) is 118 cm³/mol. The van der Waals surface area contributed by atoms with Crippen LogP contribution >= 0.6 is 23.2 Å². The standard InChI is InChI=1S/C23H21Cl2NO3/c1-3-28-22-10-7-16(23(27)26-21-9-8-19(25)11-15(21)2)12-17(22)14-29-20-6-4-5-18(24)13-20/h4-13H,3,14H2,1-2H3,(H,26,27). The highest BCUT2D eigenvalue weighted by Crippen LogP contribution is 2.25. The fourth-order valence-corrected chi connectivity index (χ4v) is 3.22. The molecule has 0 aliphatic heterocycles. The van der Waals surface area contributed by atoms with Gasteiger partial charge in [-0.15, -0.1) is 0 Å². The number of benzene rings is 3. The van der Waals surface area contributed by atoms with Gasteiger partial charge >= 0.3 is 0 Å². The van der Waals surface area contributed by atoms with Crippen LogP contribution in [0.2, 0.25) is 10.0 Å². The quantitative estimate of drug-likeness (QED) is 0.464. The Bertz CT molecular complexity index is 1020. The molecule has 150 valence electrons. The maximum atomic E-state index is 12.7. The van der Waals surface area contributed by atoms with Crippen molar-refractivity contribution in [3.8, 4) is 11.5 Å². The van der Waals surface area contributed by atoms with Crippen molar-refractivity contribution in [1.29, 1.82) is 0 Å². The van der Waals surface area contributed by atoms with E-state index in [1.807, 2.05) is 26.0 Å². The number of carbonyl (C=O) groups is 1. The van der Waals surface area contributed by atoms with Crippen molar-refractivity contribution in [2.75, 3.05) is 11.9 Å². The number of halogens is 2. The Hall–Kier alpha value is -2.69. The van der Waals surface area contributed by atoms with Gasteiger partial charge in [0.2, 0.25) is 0 Å². The van der Waals surface area contributed by atoms with Gasteiger partial charge in [-0.1, -0.05) is 29.3 Å². The SMILES string of the molecule is CCOc1ccc(C(=O)Nc2ccc(Cl)cc2C)cc1COc1cccc(Cl)c1. The largest absolute Gasteiger partial charge is 0.493 e. The number of nitrogens with one attached hydrogen (secondary N) is 1. The van der Waals surface area contributed by atoms with Crippen LogP contribution in [0.25, 0.3) is 0 Å². The van der Waals surface area contributed by atoms with Crippen LogP contribution < -0.4 is 14.8 Å². The first kappa shape index (κ1) is 21.0. The van der Waals surface area contributed by atoms with Crippen LogP contribution in [-0.2, 0) is 6.61 Å². The highest BCUT2D eigenvalue weighted by molar-refractivity contribution is 6.31. The minimum Gasteiger partial charge on any atom is -0.493 e. The average molecular weight is 430 g/mol. The summed E-state index contributed by atoms with van der Waals surface area (Å²) in [6, 6.07) is 17.8. The van der Waals surface area contributed by atoms with E-state index in [2.05, 4.69) is 5.32 Å². The molecule has 1 amide bonds. The van der Waals surface area contributed by atoms with Gasteiger partial charge in [0.15, 0.2) is 0 Å². The summed E-state index contributed by atoms with van der Waals surface area (Å²) in [5.74, 6) is 1.10. The van der Waals surface area contributed by atoms with Gasteiger partial charge in [0.05, 0.1) is 6.61 Å². The smallest absolute Gasteiger partial charge is 0.255 e. The van der Waals surface area contributed by atoms with Gasteiger partial charge in [0, 0.05) is 26.9 Å². The molecule has 0 radical (unpaired) electrons. The number of anilines is 1. The van der Waals surface area contributed by atoms with Crippen LogP contribution in [0.3, 0.4) is 0 Å². The van der Waals surface area contributed by atoms with Crippen LogP contribution in [0.4, 0.5) is 5.69 Å². The zero-order valence-electron chi connectivity index (χ0n) is 16.2. The average Bonchev–Trinajstić information content (AvgIpc) is 2.69. The third kappa shape index (κ3) is 5.66. The van der Waals surface area contributed by atoms with Crippen molar-refractivity contribution in [3.63, 3.8) is 0 Å². The van der Waals surface area contributed by atoms with Gasteiger partial charge in [0.25, 0.3) is 5.91 Å². The first-order valence-corrected chi connectivity index (χ1v) is 9.93. The topological polar surface area (TPSA) is 47.6 Å². The number of ether oxygens (including phenoxy) is 2. The molecule has 0 saturated carbocycles. The summed E-state index contributed by atoms with van der Waals surface area (Å²) >= 11 is 12.0. The van der Waals surface area contributed by atoms with Gasteiger partial charge in [-0.3, -0.25) is 4.79 Å². The van der Waals surface area contributed by atoms with Gasteiger partial charge in [-0.25, -0.2) is 0 Å². The lowest BCUT2D eigenvalue weighted by molar-refractivity contribution is 0.102. The first-order chi connectivity index (χ1) is 14.0. The zero-order chi connectivity index (χ0) is 20.8. The molecule has 0 aliphatic rings. The highest BCUT2D eigenvalue weighted by Gasteiger charge is 2.13. The molecule has 0 aliphatic carbocycles. The maximum Gasteiger partial charge on any atom is 0.255 e. The highest BCUT2D eigenvalue weighted by atomic mass is 35.5. The minimum absolute atomic E-state index is 0.220. The molecule has 0 saturated heterocycles. The van der Waals surface area contributed by atoms with E-state index in [0.29, 0.717) is 39.4 Å². The number of hydrogen-bond donors (Lipinski definition) is 1. The summed E-state index contributed by atoms with van der Waals surface area (Å²) in [5, 5.41) is 4.14. The zero-order valence-corrected chi connectivity index (χ0v) is 17.7. The Morgan fingerprint density at radius 1 is 0.966 bits per heavy atom. The Morgan fingerprint density at radius 2 is 1.76 bits per heavy atom. The Kier molecular flexibility index (Phi) is 7.02. The van der Waals surface area contributed by atoms with E-state index >= 15 is 0 Å². The molecule has 1 N–H and O–H groups in total. The van der Waals surface area contributed by atoms with Crippen molar-refractivity contribution >= 4 is 34.8 Å². The van der Waals surface area contributed by atoms with E-state index in [9.17, 15) is 4.79 Å². The summed E-state index contributed by atoms with van der Waals surface area (Å²) in [5.41, 5.74) is 2.88. The molecule has 0 atom stereocenters. The van der Waals surface area contributed by atoms with E-state index in [-0.39, 0.29) is 12.5 Å². The molecular weight excluding hydrogens is 409 g/mol. The lowest BCUT2D eigenvalue weighted by Gasteiger charge is -2.14. The van der Waals surface area contributed by atoms with Crippen molar-refractivity contribution in [3.05, 3.63) is 87.4 Å². The molecule has 3 aromatic rings. The number of aryl methyl sites for hydroxylation is 1. The summed E-state index contributed by atoms with van der Waals surface area (Å²) in [7, 11) is 0. The second kappa shape index (κ2) is 9.68. The number of amides is 1. The fourth-order valence-electron chi connectivity index (χ4n) is 2.81. The number of carbonyl (C=O) groups excluding carboxylic acids is 1. The molecule has 0 unspecified atom stereocenters. The second-order valence-electron chi connectivity index (χ2n) is 6.41. The Balaban J connectivity index is 1.80. The lowest BCUT2D eigenvalue weighted by atomic mass is 10.1. The van der Waals surface area contributed by atoms with Crippen molar-refractivity contribution in [1.82, 2.24) is 0 Å². The maximum absolute atomic E-state index is 12.7. The van der Waals surface area contributed by atoms with Crippen LogP contribution in [0.5, 0.6) is 11.5 Å². The molecule has 3 aromatic carbocycles. The third-order valence-electron chi connectivity index (χ3n) is 4.25. The minimum atomic E-state index is -0.220. The number of hydrogen-bond acceptors (Lipinski definition) is 3. The second-order valence-corrected chi connectivity index (χ2v) is 7.29. The number of rotatable bonds is 7. The first-order valence-electron chi connectivity index (χ1n) is 9.18. The van der Waals surface area contributed by atoms with Crippen LogP contribution in [0.15, 0.2) is 60.7 Å². The van der Waals surface area contributed by atoms with Gasteiger partial charge in [-0.05, 0) is 74.0 Å². The Labute approximate surface area is 180 Å². The molecule has 6 heteroatoms. The summed E-state index contributed by atoms with van der Waals surface area (Å²) in [6.07, 6.45) is 0. The molecule has 0 bridgehead atoms. The lowest BCUT2D eigenvalue weighted by Crippen LogP contribution is -2.14. The predicted octanol–water partition coefficient (Wildman–Crippen LogP) is 6.53. The summed E-state index contributed by atoms with van der Waals surface area (Å²) in [6.45, 7) is 4.56. The van der Waals surface area contributed by atoms with E-state index < -0.39 is 0 Å². The van der Waals surface area contributed by atoms with E-state index in [4.69, 9.17) is 32.7 Å². The van der Waals surface area contributed by atoms with Crippen LogP contribution in [0, 0.1) is 6.92 Å². The molecule has 0 heterocycles. The molecule has 0 spiro atoms. The van der Waals surface area contributed by atoms with Crippen molar-refractivity contribution in [2.24, 2.45) is 0 Å². The summed E-state index contributed by atoms with van der Waals surface area (Å²) < 4.78 is 11.5. The molecule has 4 nitrogen and oxygen atoms in total. The van der Waals surface area contributed by atoms with Crippen molar-refractivity contribution < 1.29 is 14.3 Å². The molecule has 0 fully saturated rings. The Morgan fingerprint density at radius 3 is 2.48 bits per heavy atom.